The average molecular weight is 910 g/mol. The van der Waals surface area contributed by atoms with Crippen molar-refractivity contribution in [2.24, 2.45) is 9.98 Å². The van der Waals surface area contributed by atoms with Crippen molar-refractivity contribution in [1.82, 2.24) is 9.80 Å². The molecule has 1 fully saturated rings. The largest absolute Gasteiger partial charge is 0.507 e. The first-order valence-corrected chi connectivity index (χ1v) is 22.6. The number of phenols is 2. The fourth-order valence-corrected chi connectivity index (χ4v) is 8.64. The van der Waals surface area contributed by atoms with Crippen LogP contribution in [0.4, 0.5) is 0 Å². The Bertz CT molecular complexity index is 2110. The topological polar surface area (TPSA) is 149 Å². The molecule has 1 aliphatic carbocycles. The van der Waals surface area contributed by atoms with Crippen LogP contribution in [0.15, 0.2) is 64.6 Å². The molecular formula is C51H72CoN5O6+. The molecule has 4 N–H and O–H groups in total. The van der Waals surface area contributed by atoms with E-state index in [9.17, 15) is 10.2 Å². The predicted molar refractivity (Wildman–Crippen MR) is 250 cm³/mol. The second-order valence-corrected chi connectivity index (χ2v) is 20.4. The van der Waals surface area contributed by atoms with Gasteiger partial charge in [-0.1, -0.05) is 118 Å². The van der Waals surface area contributed by atoms with Crippen molar-refractivity contribution < 1.29 is 51.4 Å². The Morgan fingerprint density at radius 1 is 0.698 bits per heavy atom. The smallest absolute Gasteiger partial charge is 0.414 e. The van der Waals surface area contributed by atoms with E-state index < -0.39 is 11.9 Å². The molecule has 1 radical (unpaired) electrons. The Balaban J connectivity index is 0.00000116. The van der Waals surface area contributed by atoms with Gasteiger partial charge in [-0.05, 0) is 76.3 Å². The van der Waals surface area contributed by atoms with Crippen LogP contribution >= 0.6 is 0 Å². The number of phenolic OH excluding ortho intramolecular Hbond substituents is 2. The summed E-state index contributed by atoms with van der Waals surface area (Å²) in [5.74, 6) is -1.58. The van der Waals surface area contributed by atoms with Crippen LogP contribution in [0.2, 0.25) is 0 Å². The van der Waals surface area contributed by atoms with E-state index >= 15 is 0 Å². The summed E-state index contributed by atoms with van der Waals surface area (Å²) < 4.78 is 2.60. The molecule has 0 saturated heterocycles. The van der Waals surface area contributed by atoms with E-state index in [2.05, 4.69) is 131 Å². The van der Waals surface area contributed by atoms with Gasteiger partial charge < -0.3 is 20.4 Å². The molecule has 6 rings (SSSR count). The maximum Gasteiger partial charge on any atom is 0.414 e. The molecule has 0 aromatic heterocycles. The number of guanidine groups is 1. The number of carboxylic acids is 2. The number of aliphatic carboxylic acids is 2. The number of nitrogens with zero attached hydrogens (tertiary/aromatic N) is 5. The molecule has 11 nitrogen and oxygen atoms in total. The summed E-state index contributed by atoms with van der Waals surface area (Å²) in [5, 5.41) is 38.0. The molecule has 2 aliphatic heterocycles. The zero-order valence-corrected chi connectivity index (χ0v) is 40.1. The first-order valence-electron chi connectivity index (χ1n) is 22.6. The van der Waals surface area contributed by atoms with Gasteiger partial charge in [0.1, 0.15) is 11.5 Å². The number of aromatic hydroxyl groups is 2. The molecule has 0 bridgehead atoms. The summed E-state index contributed by atoms with van der Waals surface area (Å²) in [7, 11) is 0. The first-order chi connectivity index (χ1) is 29.1. The van der Waals surface area contributed by atoms with Crippen LogP contribution in [-0.4, -0.2) is 110 Å². The number of hydrogen-bond acceptors (Lipinski definition) is 8. The number of rotatable bonds is 10. The summed E-state index contributed by atoms with van der Waals surface area (Å²) in [6.45, 7) is 26.2. The quantitative estimate of drug-likeness (QED) is 0.0896. The summed E-state index contributed by atoms with van der Waals surface area (Å²) in [6, 6.07) is 19.5. The van der Waals surface area contributed by atoms with Crippen molar-refractivity contribution in [2.45, 2.75) is 149 Å². The van der Waals surface area contributed by atoms with Crippen molar-refractivity contribution >= 4 is 30.3 Å². The van der Waals surface area contributed by atoms with Crippen molar-refractivity contribution in [2.75, 3.05) is 32.7 Å². The minimum atomic E-state index is -1.82. The predicted octanol–water partition coefficient (Wildman–Crippen LogP) is 8.91. The number of hydrogen-bond donors (Lipinski definition) is 4. The van der Waals surface area contributed by atoms with Crippen LogP contribution < -0.4 is 0 Å². The van der Waals surface area contributed by atoms with Gasteiger partial charge >= 0.3 is 17.9 Å². The Labute approximate surface area is 386 Å². The average Bonchev–Trinajstić information content (AvgIpc) is 3.20. The molecule has 1 saturated carbocycles. The van der Waals surface area contributed by atoms with Crippen LogP contribution in [0.3, 0.4) is 0 Å². The molecule has 2 atom stereocenters. The molecule has 2 unspecified atom stereocenters. The molecule has 0 amide bonds. The summed E-state index contributed by atoms with van der Waals surface area (Å²) >= 11 is 0. The Morgan fingerprint density at radius 2 is 1.21 bits per heavy atom. The third-order valence-corrected chi connectivity index (χ3v) is 12.2. The van der Waals surface area contributed by atoms with E-state index in [1.165, 1.54) is 35.5 Å². The molecule has 63 heavy (non-hydrogen) atoms. The molecule has 0 spiro atoms. The first kappa shape index (κ1) is 51.0. The zero-order valence-electron chi connectivity index (χ0n) is 39.1. The zero-order chi connectivity index (χ0) is 45.4. The van der Waals surface area contributed by atoms with Gasteiger partial charge in [-0.25, -0.2) is 9.59 Å². The van der Waals surface area contributed by atoms with Gasteiger partial charge in [0.05, 0.1) is 51.4 Å². The number of aryl methyl sites for hydroxylation is 1. The normalized spacial score (nSPS) is 18.5. The number of carboxylic acid groups (broad SMARTS) is 2. The maximum atomic E-state index is 11.8. The summed E-state index contributed by atoms with van der Waals surface area (Å²) in [5.41, 5.74) is 6.98. The van der Waals surface area contributed by atoms with Crippen LogP contribution in [0.25, 0.3) is 0 Å². The third kappa shape index (κ3) is 13.9. The Hall–Kier alpha value is -4.68. The van der Waals surface area contributed by atoms with Crippen LogP contribution in [0.1, 0.15) is 146 Å². The second kappa shape index (κ2) is 21.8. The van der Waals surface area contributed by atoms with Gasteiger partial charge in [0.2, 0.25) is 0 Å². The fourth-order valence-electron chi connectivity index (χ4n) is 8.64. The van der Waals surface area contributed by atoms with E-state index in [4.69, 9.17) is 29.8 Å². The molecule has 2 heterocycles. The molecule has 3 aromatic carbocycles. The van der Waals surface area contributed by atoms with Gasteiger partial charge in [-0.2, -0.15) is 0 Å². The number of aliphatic imine (C=N–C) groups is 2. The molecule has 3 aliphatic rings. The SMILES string of the molecule is CC(C)(C)c1cc(C=NC2CCCCC2N=Cc2cc(C(C)(C)C)cc(C(C)(C)C)c2O)c(O)c(CCCN2CCC[N+]3=C2N(Cc2ccccc2)CCC3)c1.O=C(O)C(=O)O.[Co]. The Kier molecular flexibility index (Phi) is 17.6. The number of benzene rings is 3. The van der Waals surface area contributed by atoms with Gasteiger partial charge in [-0.3, -0.25) is 24.4 Å². The van der Waals surface area contributed by atoms with Crippen LogP contribution in [0.5, 0.6) is 11.5 Å². The summed E-state index contributed by atoms with van der Waals surface area (Å²) in [4.78, 5) is 33.7. The van der Waals surface area contributed by atoms with Crippen molar-refractivity contribution in [1.29, 1.82) is 0 Å². The van der Waals surface area contributed by atoms with Gasteiger partial charge in [-0.15, -0.1) is 0 Å². The van der Waals surface area contributed by atoms with Crippen molar-refractivity contribution in [3.8, 4) is 11.5 Å². The van der Waals surface area contributed by atoms with Crippen LogP contribution in [0, 0.1) is 0 Å². The monoisotopic (exact) mass is 909 g/mol. The van der Waals surface area contributed by atoms with Crippen molar-refractivity contribution in [3.05, 3.63) is 93.5 Å². The minimum Gasteiger partial charge on any atom is -0.507 e. The van der Waals surface area contributed by atoms with E-state index in [1.54, 1.807) is 0 Å². The molecular weight excluding hydrogens is 838 g/mol. The van der Waals surface area contributed by atoms with Crippen LogP contribution in [-0.2, 0) is 55.6 Å². The summed E-state index contributed by atoms with van der Waals surface area (Å²) in [6.07, 6.45) is 12.1. The van der Waals surface area contributed by atoms with E-state index in [1.807, 2.05) is 12.4 Å². The number of carbonyl (C=O) groups is 2. The fraction of sp³-hybridized carbons (Fsp3) is 0.549. The second-order valence-electron chi connectivity index (χ2n) is 20.4. The minimum absolute atomic E-state index is 0. The third-order valence-electron chi connectivity index (χ3n) is 12.2. The standard InChI is InChI=1S/C49H69N5O2.C2H2O4.Co/c1-47(2,3)39-28-36(20-15-23-52-24-16-25-53-26-17-27-54(46(52)53)34-35-18-11-10-12-19-35)44(55)37(29-39)32-50-42-21-13-14-22-43(42)51-33-38-30-40(48(4,5)6)31-41(45(38)56)49(7,8)9;3-1(4)2(5)6;/h10-12,18-19,28-33,42-43H,13-17,20-27,34H2,1-9H3,(H-,50,51,55,56);(H,3,4)(H,5,6);/p+1. The van der Waals surface area contributed by atoms with Gasteiger partial charge in [0, 0.05) is 58.7 Å². The van der Waals surface area contributed by atoms with E-state index in [0.717, 1.165) is 100 Å². The molecule has 3 aromatic rings. The molecule has 345 valence electrons. The Morgan fingerprint density at radius 3 is 1.71 bits per heavy atom. The van der Waals surface area contributed by atoms with E-state index in [-0.39, 0.29) is 45.1 Å². The van der Waals surface area contributed by atoms with Crippen molar-refractivity contribution in [3.63, 3.8) is 0 Å². The van der Waals surface area contributed by atoms with E-state index in [0.29, 0.717) is 11.5 Å². The van der Waals surface area contributed by atoms with Gasteiger partial charge in [0.25, 0.3) is 0 Å². The van der Waals surface area contributed by atoms with Gasteiger partial charge in [0.15, 0.2) is 0 Å². The molecule has 12 heteroatoms. The maximum absolute atomic E-state index is 11.8.